The van der Waals surface area contributed by atoms with Crippen molar-refractivity contribution < 1.29 is 28.2 Å². The number of carboxylic acids is 1. The first-order valence-electron chi connectivity index (χ1n) is 5.28. The quantitative estimate of drug-likeness (QED) is 0.370. The summed E-state index contributed by atoms with van der Waals surface area (Å²) < 4.78 is 30.1. The Balaban J connectivity index is 2.89. The van der Waals surface area contributed by atoms with Gasteiger partial charge in [0.25, 0.3) is 0 Å². The summed E-state index contributed by atoms with van der Waals surface area (Å²) in [5, 5.41) is 11.2. The molecule has 0 aliphatic heterocycles. The number of nitrogens with one attached hydrogen (secondary N) is 1. The standard InChI is InChI=1S/C12H11F2NO4/c1-2-19-12(18)8(11(16)17)6-15-7-3-4-9(13)10(14)5-7/h3-6,15H,2H2,1H3,(H,16,17)/b8-6+. The fraction of sp³-hybridized carbons (Fsp3) is 0.167. The van der Waals surface area contributed by atoms with Gasteiger partial charge in [-0.2, -0.15) is 0 Å². The molecule has 0 aliphatic rings. The molecule has 0 saturated carbocycles. The summed E-state index contributed by atoms with van der Waals surface area (Å²) in [5.74, 6) is -4.64. The molecule has 1 aromatic rings. The fourth-order valence-electron chi connectivity index (χ4n) is 1.16. The van der Waals surface area contributed by atoms with Gasteiger partial charge in [-0.15, -0.1) is 0 Å². The molecule has 7 heteroatoms. The highest BCUT2D eigenvalue weighted by Gasteiger charge is 2.18. The van der Waals surface area contributed by atoms with Crippen molar-refractivity contribution in [2.45, 2.75) is 6.92 Å². The van der Waals surface area contributed by atoms with E-state index in [9.17, 15) is 18.4 Å². The van der Waals surface area contributed by atoms with Crippen molar-refractivity contribution in [1.82, 2.24) is 0 Å². The van der Waals surface area contributed by atoms with E-state index in [1.54, 1.807) is 0 Å². The van der Waals surface area contributed by atoms with Crippen LogP contribution in [0.1, 0.15) is 6.92 Å². The minimum absolute atomic E-state index is 0.0225. The van der Waals surface area contributed by atoms with E-state index in [0.29, 0.717) is 0 Å². The van der Waals surface area contributed by atoms with Crippen LogP contribution in [0, 0.1) is 11.6 Å². The number of hydrogen-bond acceptors (Lipinski definition) is 4. The Hall–Kier alpha value is -2.44. The zero-order chi connectivity index (χ0) is 14.4. The van der Waals surface area contributed by atoms with Crippen molar-refractivity contribution in [3.05, 3.63) is 41.6 Å². The number of ether oxygens (including phenoxy) is 1. The number of benzene rings is 1. The number of aliphatic carboxylic acids is 1. The van der Waals surface area contributed by atoms with Crippen LogP contribution in [0.4, 0.5) is 14.5 Å². The molecule has 0 bridgehead atoms. The van der Waals surface area contributed by atoms with Crippen molar-refractivity contribution in [1.29, 1.82) is 0 Å². The molecule has 0 amide bonds. The maximum atomic E-state index is 12.9. The van der Waals surface area contributed by atoms with Crippen molar-refractivity contribution in [2.75, 3.05) is 11.9 Å². The third-order valence-electron chi connectivity index (χ3n) is 2.03. The fourth-order valence-corrected chi connectivity index (χ4v) is 1.16. The second-order valence-corrected chi connectivity index (χ2v) is 3.36. The van der Waals surface area contributed by atoms with E-state index in [-0.39, 0.29) is 12.3 Å². The van der Waals surface area contributed by atoms with E-state index in [4.69, 9.17) is 5.11 Å². The van der Waals surface area contributed by atoms with Crippen LogP contribution in [0.15, 0.2) is 30.0 Å². The van der Waals surface area contributed by atoms with E-state index >= 15 is 0 Å². The number of halogens is 2. The SMILES string of the molecule is CCOC(=O)/C(=C/Nc1ccc(F)c(F)c1)C(=O)O. The normalized spacial score (nSPS) is 11.0. The monoisotopic (exact) mass is 271 g/mol. The van der Waals surface area contributed by atoms with Crippen molar-refractivity contribution >= 4 is 17.6 Å². The van der Waals surface area contributed by atoms with Gasteiger partial charge >= 0.3 is 11.9 Å². The maximum Gasteiger partial charge on any atom is 0.347 e. The van der Waals surface area contributed by atoms with Gasteiger partial charge in [0.05, 0.1) is 6.61 Å². The average molecular weight is 271 g/mol. The van der Waals surface area contributed by atoms with Gasteiger partial charge in [0.1, 0.15) is 0 Å². The highest BCUT2D eigenvalue weighted by Crippen LogP contribution is 2.13. The highest BCUT2D eigenvalue weighted by molar-refractivity contribution is 6.13. The Labute approximate surface area is 107 Å². The van der Waals surface area contributed by atoms with E-state index in [0.717, 1.165) is 18.3 Å². The number of carboxylic acid groups (broad SMARTS) is 1. The lowest BCUT2D eigenvalue weighted by atomic mass is 10.2. The predicted molar refractivity (Wildman–Crippen MR) is 62.3 cm³/mol. The zero-order valence-electron chi connectivity index (χ0n) is 9.94. The molecule has 0 saturated heterocycles. The van der Waals surface area contributed by atoms with Gasteiger partial charge in [-0.3, -0.25) is 0 Å². The summed E-state index contributed by atoms with van der Waals surface area (Å²) in [6, 6.07) is 2.90. The van der Waals surface area contributed by atoms with Crippen LogP contribution in [0.3, 0.4) is 0 Å². The molecule has 102 valence electrons. The van der Waals surface area contributed by atoms with Crippen LogP contribution in [-0.2, 0) is 14.3 Å². The van der Waals surface area contributed by atoms with Gasteiger partial charge in [0, 0.05) is 18.0 Å². The molecule has 0 unspecified atom stereocenters. The molecule has 19 heavy (non-hydrogen) atoms. The van der Waals surface area contributed by atoms with Crippen LogP contribution >= 0.6 is 0 Å². The van der Waals surface area contributed by atoms with E-state index in [2.05, 4.69) is 10.1 Å². The lowest BCUT2D eigenvalue weighted by Crippen LogP contribution is -2.16. The Morgan fingerprint density at radius 1 is 1.37 bits per heavy atom. The summed E-state index contributed by atoms with van der Waals surface area (Å²) in [7, 11) is 0. The number of esters is 1. The molecular weight excluding hydrogens is 260 g/mol. The first kappa shape index (κ1) is 14.6. The summed E-state index contributed by atoms with van der Waals surface area (Å²) in [6.07, 6.45) is 0.854. The molecule has 2 N–H and O–H groups in total. The summed E-state index contributed by atoms with van der Waals surface area (Å²) in [4.78, 5) is 22.1. The minimum Gasteiger partial charge on any atom is -0.477 e. The van der Waals surface area contributed by atoms with Gasteiger partial charge in [0.15, 0.2) is 17.2 Å². The van der Waals surface area contributed by atoms with Crippen LogP contribution < -0.4 is 5.32 Å². The lowest BCUT2D eigenvalue weighted by molar-refractivity contribution is -0.143. The summed E-state index contributed by atoms with van der Waals surface area (Å²) in [6.45, 7) is 1.55. The number of hydrogen-bond donors (Lipinski definition) is 2. The zero-order valence-corrected chi connectivity index (χ0v) is 9.94. The number of rotatable bonds is 5. The number of anilines is 1. The van der Waals surface area contributed by atoms with Gasteiger partial charge < -0.3 is 15.2 Å². The number of carbonyl (C=O) groups excluding carboxylic acids is 1. The summed E-state index contributed by atoms with van der Waals surface area (Å²) in [5.41, 5.74) is -0.548. The van der Waals surface area contributed by atoms with E-state index < -0.39 is 29.1 Å². The third kappa shape index (κ3) is 4.06. The topological polar surface area (TPSA) is 75.6 Å². The molecule has 0 spiro atoms. The third-order valence-corrected chi connectivity index (χ3v) is 2.03. The van der Waals surface area contributed by atoms with Gasteiger partial charge in [0.2, 0.25) is 0 Å². The Morgan fingerprint density at radius 3 is 2.58 bits per heavy atom. The molecule has 5 nitrogen and oxygen atoms in total. The van der Waals surface area contributed by atoms with Crippen molar-refractivity contribution in [2.24, 2.45) is 0 Å². The van der Waals surface area contributed by atoms with Crippen LogP contribution in [-0.4, -0.2) is 23.7 Å². The first-order valence-corrected chi connectivity index (χ1v) is 5.28. The van der Waals surface area contributed by atoms with E-state index in [1.807, 2.05) is 0 Å². The lowest BCUT2D eigenvalue weighted by Gasteiger charge is -2.05. The molecule has 1 aromatic carbocycles. The van der Waals surface area contributed by atoms with Crippen LogP contribution in [0.5, 0.6) is 0 Å². The molecule has 0 heterocycles. The predicted octanol–water partition coefficient (Wildman–Crippen LogP) is 1.91. The van der Waals surface area contributed by atoms with Gasteiger partial charge in [-0.25, -0.2) is 18.4 Å². The minimum atomic E-state index is -1.49. The molecule has 0 fully saturated rings. The highest BCUT2D eigenvalue weighted by atomic mass is 19.2. The summed E-state index contributed by atoms with van der Waals surface area (Å²) >= 11 is 0. The van der Waals surface area contributed by atoms with Gasteiger partial charge in [-0.1, -0.05) is 0 Å². The molecule has 0 atom stereocenters. The second-order valence-electron chi connectivity index (χ2n) is 3.36. The van der Waals surface area contributed by atoms with Crippen molar-refractivity contribution in [3.8, 4) is 0 Å². The smallest absolute Gasteiger partial charge is 0.347 e. The molecular formula is C12H11F2NO4. The second kappa shape index (κ2) is 6.48. The molecule has 0 aromatic heterocycles. The largest absolute Gasteiger partial charge is 0.477 e. The Kier molecular flexibility index (Phi) is 4.99. The van der Waals surface area contributed by atoms with Gasteiger partial charge in [-0.05, 0) is 19.1 Å². The maximum absolute atomic E-state index is 12.9. The Bertz CT molecular complexity index is 528. The molecule has 0 aliphatic carbocycles. The van der Waals surface area contributed by atoms with Crippen LogP contribution in [0.2, 0.25) is 0 Å². The molecule has 0 radical (unpaired) electrons. The molecule has 1 rings (SSSR count). The van der Waals surface area contributed by atoms with E-state index in [1.165, 1.54) is 13.0 Å². The average Bonchev–Trinajstić information content (AvgIpc) is 2.33. The van der Waals surface area contributed by atoms with Crippen LogP contribution in [0.25, 0.3) is 0 Å². The Morgan fingerprint density at radius 2 is 2.05 bits per heavy atom. The first-order chi connectivity index (χ1) is 8.95. The number of carbonyl (C=O) groups is 2. The van der Waals surface area contributed by atoms with Crippen molar-refractivity contribution in [3.63, 3.8) is 0 Å².